The number of rotatable bonds is 1. The molecule has 5 rings (SSSR count). The number of allylic oxidation sites excluding steroid dienone is 1. The molecule has 1 fully saturated rings. The van der Waals surface area contributed by atoms with Gasteiger partial charge in [-0.3, -0.25) is 4.99 Å². The fourth-order valence-electron chi connectivity index (χ4n) is 5.68. The summed E-state index contributed by atoms with van der Waals surface area (Å²) in [5, 5.41) is 0. The zero-order valence-electron chi connectivity index (χ0n) is 19.6. The molecule has 30 heavy (non-hydrogen) atoms. The van der Waals surface area contributed by atoms with Gasteiger partial charge in [-0.25, -0.2) is 0 Å². The maximum Gasteiger partial charge on any atom is 0.494 e. The Morgan fingerprint density at radius 2 is 1.60 bits per heavy atom. The minimum Gasteiger partial charge on any atom is -0.399 e. The van der Waals surface area contributed by atoms with Gasteiger partial charge in [0.25, 0.3) is 0 Å². The summed E-state index contributed by atoms with van der Waals surface area (Å²) in [6.45, 7) is 18.6. The van der Waals surface area contributed by atoms with Crippen LogP contribution in [0.2, 0.25) is 0 Å². The summed E-state index contributed by atoms with van der Waals surface area (Å²) in [6, 6.07) is 6.51. The molecule has 1 saturated heterocycles. The van der Waals surface area contributed by atoms with Gasteiger partial charge >= 0.3 is 7.12 Å². The summed E-state index contributed by atoms with van der Waals surface area (Å²) in [4.78, 5) is 7.38. The molecule has 4 nitrogen and oxygen atoms in total. The number of benzene rings is 1. The van der Waals surface area contributed by atoms with E-state index in [1.165, 1.54) is 22.4 Å². The number of amidine groups is 1. The summed E-state index contributed by atoms with van der Waals surface area (Å²) < 4.78 is 12.5. The lowest BCUT2D eigenvalue weighted by Crippen LogP contribution is -2.41. The van der Waals surface area contributed by atoms with Crippen LogP contribution in [-0.2, 0) is 9.31 Å². The zero-order chi connectivity index (χ0) is 21.7. The van der Waals surface area contributed by atoms with Crippen molar-refractivity contribution in [2.45, 2.75) is 73.0 Å². The number of hydrogen-bond acceptors (Lipinski definition) is 4. The van der Waals surface area contributed by atoms with E-state index in [0.29, 0.717) is 0 Å². The van der Waals surface area contributed by atoms with Crippen molar-refractivity contribution in [1.82, 2.24) is 4.90 Å². The van der Waals surface area contributed by atoms with E-state index in [-0.39, 0.29) is 29.2 Å². The molecule has 0 radical (unpaired) electrons. The van der Waals surface area contributed by atoms with Gasteiger partial charge in [-0.15, -0.1) is 0 Å². The summed E-state index contributed by atoms with van der Waals surface area (Å²) in [5.41, 5.74) is 6.01. The summed E-state index contributed by atoms with van der Waals surface area (Å²) in [7, 11) is -0.344. The molecule has 3 aliphatic heterocycles. The Kier molecular flexibility index (Phi) is 3.94. The Morgan fingerprint density at radius 3 is 2.27 bits per heavy atom. The van der Waals surface area contributed by atoms with Crippen LogP contribution in [0.4, 0.5) is 0 Å². The van der Waals surface area contributed by atoms with Crippen LogP contribution >= 0.6 is 0 Å². The predicted octanol–water partition coefficient (Wildman–Crippen LogP) is 4.74. The van der Waals surface area contributed by atoms with Crippen molar-refractivity contribution >= 4 is 24.5 Å². The summed E-state index contributed by atoms with van der Waals surface area (Å²) in [5.74, 6) is 1.07. The lowest BCUT2D eigenvalue weighted by molar-refractivity contribution is 0.00578. The Morgan fingerprint density at radius 1 is 0.933 bits per heavy atom. The molecular weight excluding hydrogens is 371 g/mol. The number of fused-ring (bicyclic) bond motifs is 4. The third-order valence-corrected chi connectivity index (χ3v) is 7.73. The molecule has 0 aromatic heterocycles. The Bertz CT molecular complexity index is 1010. The molecule has 1 aromatic rings. The van der Waals surface area contributed by atoms with Crippen LogP contribution in [0.25, 0.3) is 6.08 Å². The van der Waals surface area contributed by atoms with E-state index in [9.17, 15) is 0 Å². The molecule has 158 valence electrons. The SMILES string of the molecule is CC1(C)CC(C)(C)C2=C1CN=C1c3ccc(B4OC(C)(C)C(C)(C)O4)cc3C=CN12. The van der Waals surface area contributed by atoms with Gasteiger partial charge in [-0.05, 0) is 62.2 Å². The first-order chi connectivity index (χ1) is 13.8. The lowest BCUT2D eigenvalue weighted by Gasteiger charge is -2.38. The van der Waals surface area contributed by atoms with Crippen molar-refractivity contribution in [2.24, 2.45) is 15.8 Å². The predicted molar refractivity (Wildman–Crippen MR) is 124 cm³/mol. The van der Waals surface area contributed by atoms with E-state index >= 15 is 0 Å². The highest BCUT2D eigenvalue weighted by atomic mass is 16.7. The fourth-order valence-corrected chi connectivity index (χ4v) is 5.68. The minimum atomic E-state index is -0.344. The van der Waals surface area contributed by atoms with E-state index in [0.717, 1.165) is 24.3 Å². The molecule has 0 unspecified atom stereocenters. The maximum absolute atomic E-state index is 6.26. The van der Waals surface area contributed by atoms with Crippen LogP contribution < -0.4 is 5.46 Å². The van der Waals surface area contributed by atoms with Gasteiger partial charge in [-0.1, -0.05) is 45.9 Å². The highest BCUT2D eigenvalue weighted by Crippen LogP contribution is 2.55. The molecule has 4 aliphatic rings. The fraction of sp³-hybridized carbons (Fsp3) is 0.560. The Labute approximate surface area is 181 Å². The third-order valence-electron chi connectivity index (χ3n) is 7.73. The van der Waals surface area contributed by atoms with Crippen molar-refractivity contribution in [3.05, 3.63) is 46.8 Å². The summed E-state index contributed by atoms with van der Waals surface area (Å²) >= 11 is 0. The molecule has 0 N–H and O–H groups in total. The lowest BCUT2D eigenvalue weighted by atomic mass is 9.77. The van der Waals surface area contributed by atoms with Crippen molar-refractivity contribution in [3.8, 4) is 0 Å². The summed E-state index contributed by atoms with van der Waals surface area (Å²) in [6.07, 6.45) is 5.57. The van der Waals surface area contributed by atoms with Gasteiger partial charge in [0.15, 0.2) is 0 Å². The average molecular weight is 404 g/mol. The van der Waals surface area contributed by atoms with Gasteiger partial charge in [0.05, 0.1) is 17.7 Å². The second-order valence-corrected chi connectivity index (χ2v) is 11.5. The standard InChI is InChI=1S/C25H33BN2O2/c1-22(2)15-23(3,4)20-19(22)14-27-21-18-10-9-17(13-16(18)11-12-28(20)21)26-29-24(5,6)25(7,8)30-26/h9-13H,14-15H2,1-8H3. The smallest absolute Gasteiger partial charge is 0.399 e. The molecule has 0 atom stereocenters. The first-order valence-corrected chi connectivity index (χ1v) is 11.1. The van der Waals surface area contributed by atoms with Gasteiger partial charge in [0.2, 0.25) is 0 Å². The monoisotopic (exact) mass is 404 g/mol. The second kappa shape index (κ2) is 5.89. The number of aliphatic imine (C=N–C) groups is 1. The van der Waals surface area contributed by atoms with Crippen LogP contribution in [0, 0.1) is 10.8 Å². The topological polar surface area (TPSA) is 34.1 Å². The molecule has 0 spiro atoms. The van der Waals surface area contributed by atoms with E-state index in [1.807, 2.05) is 0 Å². The van der Waals surface area contributed by atoms with Crippen LogP contribution in [0.3, 0.4) is 0 Å². The van der Waals surface area contributed by atoms with E-state index in [1.54, 1.807) is 0 Å². The van der Waals surface area contributed by atoms with Crippen LogP contribution in [-0.4, -0.2) is 35.6 Å². The average Bonchev–Trinajstić information content (AvgIpc) is 2.98. The molecule has 1 aromatic carbocycles. The van der Waals surface area contributed by atoms with Crippen molar-refractivity contribution < 1.29 is 9.31 Å². The Hall–Kier alpha value is -1.85. The number of nitrogens with zero attached hydrogens (tertiary/aromatic N) is 2. The van der Waals surface area contributed by atoms with Crippen LogP contribution in [0.15, 0.2) is 40.7 Å². The molecular formula is C25H33BN2O2. The highest BCUT2D eigenvalue weighted by Gasteiger charge is 2.52. The zero-order valence-corrected chi connectivity index (χ0v) is 19.6. The van der Waals surface area contributed by atoms with Crippen molar-refractivity contribution in [3.63, 3.8) is 0 Å². The molecule has 0 bridgehead atoms. The normalized spacial score (nSPS) is 27.0. The first kappa shape index (κ1) is 20.1. The largest absolute Gasteiger partial charge is 0.494 e. The van der Waals surface area contributed by atoms with Gasteiger partial charge in [-0.2, -0.15) is 0 Å². The molecule has 0 saturated carbocycles. The first-order valence-electron chi connectivity index (χ1n) is 11.1. The van der Waals surface area contributed by atoms with Crippen LogP contribution in [0.5, 0.6) is 0 Å². The van der Waals surface area contributed by atoms with Crippen molar-refractivity contribution in [2.75, 3.05) is 6.54 Å². The molecule has 0 amide bonds. The molecule has 3 heterocycles. The quantitative estimate of drug-likeness (QED) is 0.634. The van der Waals surface area contributed by atoms with E-state index < -0.39 is 0 Å². The minimum absolute atomic E-state index is 0.143. The van der Waals surface area contributed by atoms with E-state index in [2.05, 4.69) is 90.8 Å². The number of hydrogen-bond donors (Lipinski definition) is 0. The van der Waals surface area contributed by atoms with E-state index in [4.69, 9.17) is 14.3 Å². The van der Waals surface area contributed by atoms with Crippen molar-refractivity contribution in [1.29, 1.82) is 0 Å². The maximum atomic E-state index is 6.26. The Balaban J connectivity index is 1.51. The van der Waals surface area contributed by atoms with Gasteiger partial charge in [0, 0.05) is 22.9 Å². The van der Waals surface area contributed by atoms with Gasteiger partial charge < -0.3 is 14.2 Å². The third kappa shape index (κ3) is 2.71. The second-order valence-electron chi connectivity index (χ2n) is 11.5. The molecule has 1 aliphatic carbocycles. The van der Waals surface area contributed by atoms with Crippen LogP contribution in [0.1, 0.15) is 72.9 Å². The van der Waals surface area contributed by atoms with Gasteiger partial charge in [0.1, 0.15) is 5.84 Å². The highest BCUT2D eigenvalue weighted by molar-refractivity contribution is 6.62. The molecule has 5 heteroatoms.